The second kappa shape index (κ2) is 7.57. The zero-order valence-corrected chi connectivity index (χ0v) is 22.9. The molecule has 2 aromatic rings. The van der Waals surface area contributed by atoms with Crippen molar-refractivity contribution in [1.29, 1.82) is 0 Å². The van der Waals surface area contributed by atoms with Crippen molar-refractivity contribution in [3.05, 3.63) is 65.4 Å². The first-order valence-electron chi connectivity index (χ1n) is 13.9. The molecule has 6 heteroatoms. The Balaban J connectivity index is 1.36. The molecule has 2 fully saturated rings. The monoisotopic (exact) mass is 514 g/mol. The number of rotatable bonds is 2. The third kappa shape index (κ3) is 2.84. The average Bonchev–Trinajstić information content (AvgIpc) is 3.40. The lowest BCUT2D eigenvalue weighted by Gasteiger charge is -2.60. The van der Waals surface area contributed by atoms with Crippen LogP contribution in [0.15, 0.2) is 59.8 Å². The smallest absolute Gasteiger partial charge is 0.218 e. The molecule has 1 aromatic carbocycles. The second-order valence-corrected chi connectivity index (χ2v) is 13.3. The number of likely N-dealkylation sites (N-methyl/N-ethyl adjacent to an activating group) is 1. The van der Waals surface area contributed by atoms with Gasteiger partial charge >= 0.3 is 0 Å². The molecule has 5 aliphatic rings. The van der Waals surface area contributed by atoms with E-state index < -0.39 is 23.4 Å². The Morgan fingerprint density at radius 2 is 1.87 bits per heavy atom. The molecule has 200 valence electrons. The van der Waals surface area contributed by atoms with Gasteiger partial charge in [-0.05, 0) is 91.1 Å². The van der Waals surface area contributed by atoms with E-state index in [1.807, 2.05) is 31.1 Å². The number of aromatic hydroxyl groups is 1. The highest BCUT2D eigenvalue weighted by Crippen LogP contribution is 2.71. The highest BCUT2D eigenvalue weighted by molar-refractivity contribution is 5.90. The van der Waals surface area contributed by atoms with E-state index in [1.165, 1.54) is 16.7 Å². The predicted octanol–water partition coefficient (Wildman–Crippen LogP) is 4.60. The maximum atomic E-state index is 11.3. The molecule has 38 heavy (non-hydrogen) atoms. The molecule has 0 radical (unpaired) electrons. The first-order valence-corrected chi connectivity index (χ1v) is 13.9. The average molecular weight is 515 g/mol. The predicted molar refractivity (Wildman–Crippen MR) is 147 cm³/mol. The summed E-state index contributed by atoms with van der Waals surface area (Å²) in [5.41, 5.74) is 3.24. The first kappa shape index (κ1) is 24.5. The number of ether oxygens (including phenoxy) is 1. The minimum atomic E-state index is -0.926. The Labute approximate surface area is 224 Å². The van der Waals surface area contributed by atoms with Gasteiger partial charge in [0.05, 0.1) is 17.3 Å². The van der Waals surface area contributed by atoms with Crippen molar-refractivity contribution in [3.63, 3.8) is 0 Å². The number of pyridine rings is 1. The van der Waals surface area contributed by atoms with E-state index in [1.54, 1.807) is 6.20 Å². The lowest BCUT2D eigenvalue weighted by atomic mass is 9.49. The quantitative estimate of drug-likeness (QED) is 0.543. The summed E-state index contributed by atoms with van der Waals surface area (Å²) in [7, 11) is 3.94. The van der Waals surface area contributed by atoms with Gasteiger partial charge in [0.25, 0.3) is 0 Å². The minimum absolute atomic E-state index is 0.0632. The van der Waals surface area contributed by atoms with E-state index in [9.17, 15) is 15.3 Å². The molecule has 3 N–H and O–H groups in total. The fourth-order valence-corrected chi connectivity index (χ4v) is 8.84. The summed E-state index contributed by atoms with van der Waals surface area (Å²) in [4.78, 5) is 6.06. The van der Waals surface area contributed by atoms with Gasteiger partial charge in [0.2, 0.25) is 5.88 Å². The number of benzene rings is 1. The Hall–Kier alpha value is -2.51. The van der Waals surface area contributed by atoms with Crippen LogP contribution in [0.3, 0.4) is 0 Å². The highest BCUT2D eigenvalue weighted by atomic mass is 16.5. The third-order valence-electron chi connectivity index (χ3n) is 11.1. The van der Waals surface area contributed by atoms with Crippen LogP contribution in [0.1, 0.15) is 52.0 Å². The fraction of sp³-hybridized carbons (Fsp3) is 0.531. The maximum Gasteiger partial charge on any atom is 0.218 e. The summed E-state index contributed by atoms with van der Waals surface area (Å²) in [5, 5.41) is 34.2. The number of aliphatic hydroxyl groups is 2. The molecule has 1 saturated heterocycles. The van der Waals surface area contributed by atoms with Crippen molar-refractivity contribution in [2.45, 2.75) is 75.9 Å². The van der Waals surface area contributed by atoms with Crippen LogP contribution in [0, 0.1) is 16.7 Å². The van der Waals surface area contributed by atoms with E-state index in [0.29, 0.717) is 6.42 Å². The molecular weight excluding hydrogens is 476 g/mol. The van der Waals surface area contributed by atoms with Crippen LogP contribution in [0.5, 0.6) is 5.88 Å². The molecule has 7 atom stereocenters. The minimum Gasteiger partial charge on any atom is -0.493 e. The van der Waals surface area contributed by atoms with Gasteiger partial charge in [-0.3, -0.25) is 0 Å². The number of hydrogen-bond acceptors (Lipinski definition) is 6. The molecule has 2 bridgehead atoms. The molecule has 2 spiro atoms. The molecule has 3 aliphatic carbocycles. The van der Waals surface area contributed by atoms with Gasteiger partial charge in [-0.15, -0.1) is 0 Å². The summed E-state index contributed by atoms with van der Waals surface area (Å²) in [6.45, 7) is 7.04. The van der Waals surface area contributed by atoms with Crippen molar-refractivity contribution in [1.82, 2.24) is 9.88 Å². The van der Waals surface area contributed by atoms with Gasteiger partial charge in [0, 0.05) is 29.0 Å². The van der Waals surface area contributed by atoms with Crippen LogP contribution in [0.4, 0.5) is 0 Å². The van der Waals surface area contributed by atoms with E-state index in [4.69, 9.17) is 4.74 Å². The van der Waals surface area contributed by atoms with Gasteiger partial charge in [-0.1, -0.05) is 45.1 Å². The number of nitrogens with zero attached hydrogens (tertiary/aromatic N) is 2. The number of fused-ring (bicyclic) bond motifs is 2. The zero-order valence-electron chi connectivity index (χ0n) is 22.9. The van der Waals surface area contributed by atoms with Crippen LogP contribution >= 0.6 is 0 Å². The van der Waals surface area contributed by atoms with Crippen LogP contribution in [-0.4, -0.2) is 68.8 Å². The third-order valence-corrected chi connectivity index (χ3v) is 11.1. The van der Waals surface area contributed by atoms with Gasteiger partial charge in [0.15, 0.2) is 0 Å². The van der Waals surface area contributed by atoms with Crippen LogP contribution < -0.4 is 0 Å². The normalized spacial score (nSPS) is 40.8. The Bertz CT molecular complexity index is 1460. The first-order chi connectivity index (χ1) is 17.9. The van der Waals surface area contributed by atoms with Gasteiger partial charge in [-0.2, -0.15) is 0 Å². The molecule has 3 heterocycles. The summed E-state index contributed by atoms with van der Waals surface area (Å²) < 4.78 is 7.31. The summed E-state index contributed by atoms with van der Waals surface area (Å²) in [6.07, 6.45) is 10.3. The van der Waals surface area contributed by atoms with Crippen molar-refractivity contribution >= 4 is 16.3 Å². The van der Waals surface area contributed by atoms with Gasteiger partial charge in [0.1, 0.15) is 6.10 Å². The molecule has 6 nitrogen and oxygen atoms in total. The lowest BCUT2D eigenvalue weighted by Crippen LogP contribution is -2.63. The molecule has 1 saturated carbocycles. The van der Waals surface area contributed by atoms with Crippen molar-refractivity contribution < 1.29 is 20.1 Å². The van der Waals surface area contributed by atoms with E-state index >= 15 is 0 Å². The Morgan fingerprint density at radius 1 is 1.08 bits per heavy atom. The Morgan fingerprint density at radius 3 is 2.63 bits per heavy atom. The van der Waals surface area contributed by atoms with Crippen LogP contribution in [-0.2, 0) is 4.74 Å². The van der Waals surface area contributed by atoms with Crippen LogP contribution in [0.2, 0.25) is 0 Å². The molecule has 1 unspecified atom stereocenters. The number of hydrogen-bond donors (Lipinski definition) is 3. The SMILES string of the molecule is CN(C)[C@H]1C[C@@]23CC[C@@]4(O2)C(=CC(C)(C)[C@]2(C)C(c5ccc6c(O)nccc6c5)=CCC42)C=C3[C@@H](O)[C@@H]1O. The summed E-state index contributed by atoms with van der Waals surface area (Å²) >= 11 is 0. The van der Waals surface area contributed by atoms with Crippen molar-refractivity contribution in [2.24, 2.45) is 16.7 Å². The van der Waals surface area contributed by atoms with Gasteiger partial charge < -0.3 is 25.0 Å². The summed E-state index contributed by atoms with van der Waals surface area (Å²) in [6, 6.07) is 8.08. The van der Waals surface area contributed by atoms with Crippen LogP contribution in [0.25, 0.3) is 16.3 Å². The van der Waals surface area contributed by atoms with Crippen molar-refractivity contribution in [3.8, 4) is 5.88 Å². The van der Waals surface area contributed by atoms with E-state index in [2.05, 4.69) is 56.1 Å². The topological polar surface area (TPSA) is 86.1 Å². The highest BCUT2D eigenvalue weighted by Gasteiger charge is 2.70. The zero-order chi connectivity index (χ0) is 26.8. The van der Waals surface area contributed by atoms with E-state index in [0.717, 1.165) is 35.6 Å². The summed E-state index contributed by atoms with van der Waals surface area (Å²) in [5.74, 6) is 0.314. The standard InChI is InChI=1S/C32H38N2O4/c1-29(2)16-20-15-23-26(35)27(36)24(34(4)5)17-31(23)11-12-32(20,38-31)25-9-8-22(30(25,29)3)19-6-7-21-18(14-19)10-13-33-28(21)37/h6-8,10,13-16,24-27,35-36H,9,11-12,17H2,1-5H3,(H,33,37)/t24-,25?,26+,27+,30+,31+,32+/m0/s1. The maximum absolute atomic E-state index is 11.3. The fourth-order valence-electron chi connectivity index (χ4n) is 8.84. The molecule has 1 aromatic heterocycles. The number of aromatic nitrogens is 1. The number of allylic oxidation sites excluding steroid dienone is 3. The number of aliphatic hydroxyl groups excluding tert-OH is 2. The lowest BCUT2D eigenvalue weighted by molar-refractivity contribution is -0.170. The molecular formula is C32H38N2O4. The largest absolute Gasteiger partial charge is 0.493 e. The molecule has 0 amide bonds. The van der Waals surface area contributed by atoms with E-state index in [-0.39, 0.29) is 28.7 Å². The molecule has 2 aliphatic heterocycles. The second-order valence-electron chi connectivity index (χ2n) is 13.3. The van der Waals surface area contributed by atoms with Crippen molar-refractivity contribution in [2.75, 3.05) is 14.1 Å². The Kier molecular flexibility index (Phi) is 4.88. The molecule has 7 rings (SSSR count). The van der Waals surface area contributed by atoms with Gasteiger partial charge in [-0.25, -0.2) is 4.98 Å².